The van der Waals surface area contributed by atoms with E-state index in [0.29, 0.717) is 30.5 Å². The molecule has 188 valence electrons. The van der Waals surface area contributed by atoms with Gasteiger partial charge >= 0.3 is 0 Å². The van der Waals surface area contributed by atoms with Crippen molar-refractivity contribution in [1.82, 2.24) is 15.3 Å². The Morgan fingerprint density at radius 1 is 0.919 bits per heavy atom. The summed E-state index contributed by atoms with van der Waals surface area (Å²) in [7, 11) is 0. The highest BCUT2D eigenvalue weighted by atomic mass is 16.5. The number of rotatable bonds is 6. The molecule has 2 heterocycles. The molecule has 1 saturated heterocycles. The summed E-state index contributed by atoms with van der Waals surface area (Å²) in [5.74, 6) is 0.621. The van der Waals surface area contributed by atoms with Gasteiger partial charge in [0.15, 0.2) is 0 Å². The summed E-state index contributed by atoms with van der Waals surface area (Å²) in [6.45, 7) is 3.40. The number of aromatic hydroxyl groups is 2. The number of hydrogen-bond acceptors (Lipinski definition) is 8. The summed E-state index contributed by atoms with van der Waals surface area (Å²) in [5.41, 5.74) is 4.45. The minimum absolute atomic E-state index is 0.0992. The summed E-state index contributed by atoms with van der Waals surface area (Å²) in [4.78, 5) is 23.4. The number of morpholine rings is 1. The molecular formula is C28H27N5O4. The zero-order chi connectivity index (χ0) is 25.8. The van der Waals surface area contributed by atoms with Crippen LogP contribution in [-0.4, -0.2) is 52.0 Å². The number of nitrogens with zero attached hydrogens (tertiary/aromatic N) is 3. The van der Waals surface area contributed by atoms with E-state index in [1.165, 1.54) is 6.92 Å². The van der Waals surface area contributed by atoms with Gasteiger partial charge in [-0.2, -0.15) is 0 Å². The first-order valence-electron chi connectivity index (χ1n) is 11.9. The summed E-state index contributed by atoms with van der Waals surface area (Å²) >= 11 is 0. The van der Waals surface area contributed by atoms with E-state index in [2.05, 4.69) is 20.6 Å². The van der Waals surface area contributed by atoms with Crippen LogP contribution in [-0.2, 0) is 9.53 Å². The highest BCUT2D eigenvalue weighted by molar-refractivity contribution is 5.92. The molecule has 0 radical (unpaired) electrons. The number of nitrogens with one attached hydrogen (secondary N) is 2. The molecule has 1 aliphatic rings. The first-order valence-corrected chi connectivity index (χ1v) is 11.9. The van der Waals surface area contributed by atoms with Crippen molar-refractivity contribution in [3.8, 4) is 34.0 Å². The third kappa shape index (κ3) is 5.69. The lowest BCUT2D eigenvalue weighted by molar-refractivity contribution is -0.119. The summed E-state index contributed by atoms with van der Waals surface area (Å²) < 4.78 is 5.78. The largest absolute Gasteiger partial charge is 0.508 e. The number of phenols is 2. The predicted molar refractivity (Wildman–Crippen MR) is 142 cm³/mol. The van der Waals surface area contributed by atoms with Gasteiger partial charge in [-0.3, -0.25) is 9.69 Å². The van der Waals surface area contributed by atoms with Crippen LogP contribution in [0.25, 0.3) is 22.5 Å². The molecule has 1 amide bonds. The van der Waals surface area contributed by atoms with Gasteiger partial charge in [0, 0.05) is 42.5 Å². The van der Waals surface area contributed by atoms with Gasteiger partial charge in [-0.05, 0) is 78.9 Å². The lowest BCUT2D eigenvalue weighted by Gasteiger charge is -2.34. The Kier molecular flexibility index (Phi) is 6.98. The fourth-order valence-corrected chi connectivity index (χ4v) is 4.17. The van der Waals surface area contributed by atoms with Crippen LogP contribution in [0.4, 0.5) is 17.3 Å². The number of benzene rings is 3. The number of aromatic nitrogens is 2. The normalized spacial score (nSPS) is 15.2. The maximum absolute atomic E-state index is 12.4. The van der Waals surface area contributed by atoms with Crippen molar-refractivity contribution >= 4 is 23.2 Å². The molecule has 1 atom stereocenters. The van der Waals surface area contributed by atoms with Gasteiger partial charge < -0.3 is 25.6 Å². The van der Waals surface area contributed by atoms with Crippen molar-refractivity contribution in [1.29, 1.82) is 0 Å². The summed E-state index contributed by atoms with van der Waals surface area (Å²) in [6.07, 6.45) is -0.358. The molecule has 37 heavy (non-hydrogen) atoms. The molecule has 9 heteroatoms. The Balaban J connectivity index is 1.45. The molecule has 9 nitrogen and oxygen atoms in total. The standard InChI is InChI=1S/C28H27N5O4/c1-18(34)33(27-17-29-14-15-37-27)22-8-6-21(7-9-22)30-28-31-25(19-2-10-23(35)11-3-19)16-26(32-28)20-4-12-24(36)13-5-20/h2-13,16,27,29,35-36H,14-15,17H2,1H3,(H,30,31,32). The molecule has 5 rings (SSSR count). The second-order valence-corrected chi connectivity index (χ2v) is 8.65. The summed E-state index contributed by atoms with van der Waals surface area (Å²) in [5, 5.41) is 25.9. The predicted octanol–water partition coefficient (Wildman–Crippen LogP) is 4.26. The fourth-order valence-electron chi connectivity index (χ4n) is 4.17. The molecule has 1 aliphatic heterocycles. The van der Waals surface area contributed by atoms with Crippen molar-refractivity contribution in [3.05, 3.63) is 78.9 Å². The first kappa shape index (κ1) is 24.2. The van der Waals surface area contributed by atoms with Gasteiger partial charge in [0.1, 0.15) is 17.7 Å². The van der Waals surface area contributed by atoms with Crippen LogP contribution < -0.4 is 15.5 Å². The van der Waals surface area contributed by atoms with Crippen LogP contribution in [0.2, 0.25) is 0 Å². The molecule has 0 bridgehead atoms. The van der Waals surface area contributed by atoms with Gasteiger partial charge in [-0.15, -0.1) is 0 Å². The van der Waals surface area contributed by atoms with E-state index in [-0.39, 0.29) is 23.6 Å². The zero-order valence-corrected chi connectivity index (χ0v) is 20.3. The Morgan fingerprint density at radius 3 is 1.97 bits per heavy atom. The number of hydrogen-bond donors (Lipinski definition) is 4. The molecule has 0 aliphatic carbocycles. The minimum atomic E-state index is -0.358. The number of carbonyl (C=O) groups is 1. The van der Waals surface area contributed by atoms with Crippen LogP contribution in [0, 0.1) is 0 Å². The molecule has 4 N–H and O–H groups in total. The average molecular weight is 498 g/mol. The molecular weight excluding hydrogens is 470 g/mol. The van der Waals surface area contributed by atoms with Crippen LogP contribution in [0.15, 0.2) is 78.9 Å². The van der Waals surface area contributed by atoms with Gasteiger partial charge in [-0.1, -0.05) is 0 Å². The van der Waals surface area contributed by atoms with E-state index in [0.717, 1.165) is 29.0 Å². The van der Waals surface area contributed by atoms with Gasteiger partial charge in [-0.25, -0.2) is 9.97 Å². The van der Waals surface area contributed by atoms with Gasteiger partial charge in [0.05, 0.1) is 18.0 Å². The minimum Gasteiger partial charge on any atom is -0.508 e. The van der Waals surface area contributed by atoms with E-state index < -0.39 is 0 Å². The highest BCUT2D eigenvalue weighted by Crippen LogP contribution is 2.29. The molecule has 1 fully saturated rings. The van der Waals surface area contributed by atoms with Crippen molar-refractivity contribution in [2.45, 2.75) is 13.2 Å². The maximum atomic E-state index is 12.4. The SMILES string of the molecule is CC(=O)N(c1ccc(Nc2nc(-c3ccc(O)cc3)cc(-c3ccc(O)cc3)n2)cc1)C1CNCCO1. The van der Waals surface area contributed by atoms with Gasteiger partial charge in [0.2, 0.25) is 11.9 Å². The zero-order valence-electron chi connectivity index (χ0n) is 20.3. The van der Waals surface area contributed by atoms with Crippen LogP contribution in [0.5, 0.6) is 11.5 Å². The smallest absolute Gasteiger partial charge is 0.228 e. The second-order valence-electron chi connectivity index (χ2n) is 8.65. The van der Waals surface area contributed by atoms with Crippen molar-refractivity contribution in [3.63, 3.8) is 0 Å². The number of ether oxygens (including phenoxy) is 1. The monoisotopic (exact) mass is 497 g/mol. The molecule has 0 spiro atoms. The maximum Gasteiger partial charge on any atom is 0.228 e. The van der Waals surface area contributed by atoms with Crippen molar-refractivity contribution in [2.24, 2.45) is 0 Å². The molecule has 1 unspecified atom stereocenters. The number of anilines is 3. The van der Waals surface area contributed by atoms with Crippen LogP contribution in [0.1, 0.15) is 6.92 Å². The molecule has 3 aromatic carbocycles. The molecule has 4 aromatic rings. The van der Waals surface area contributed by atoms with E-state index in [4.69, 9.17) is 4.74 Å². The Morgan fingerprint density at radius 2 is 1.49 bits per heavy atom. The van der Waals surface area contributed by atoms with Crippen molar-refractivity contribution < 1.29 is 19.7 Å². The lowest BCUT2D eigenvalue weighted by atomic mass is 10.1. The number of amides is 1. The van der Waals surface area contributed by atoms with E-state index in [9.17, 15) is 15.0 Å². The van der Waals surface area contributed by atoms with E-state index in [1.807, 2.05) is 30.3 Å². The quantitative estimate of drug-likeness (QED) is 0.312. The summed E-state index contributed by atoms with van der Waals surface area (Å²) in [6, 6.07) is 22.9. The van der Waals surface area contributed by atoms with Crippen LogP contribution >= 0.6 is 0 Å². The Labute approximate surface area is 214 Å². The topological polar surface area (TPSA) is 120 Å². The molecule has 0 saturated carbocycles. The first-order chi connectivity index (χ1) is 18.0. The van der Waals surface area contributed by atoms with Gasteiger partial charge in [0.25, 0.3) is 0 Å². The van der Waals surface area contributed by atoms with Crippen molar-refractivity contribution in [2.75, 3.05) is 29.9 Å². The highest BCUT2D eigenvalue weighted by Gasteiger charge is 2.25. The third-order valence-corrected chi connectivity index (χ3v) is 5.99. The second kappa shape index (κ2) is 10.7. The van der Waals surface area contributed by atoms with Crippen LogP contribution in [0.3, 0.4) is 0 Å². The molecule has 1 aromatic heterocycles. The Bertz CT molecular complexity index is 1310. The fraction of sp³-hybridized carbons (Fsp3) is 0.179. The Hall–Kier alpha value is -4.47. The number of carbonyl (C=O) groups excluding carboxylic acids is 1. The van der Waals surface area contributed by atoms with E-state index >= 15 is 0 Å². The average Bonchev–Trinajstić information content (AvgIpc) is 2.91. The lowest BCUT2D eigenvalue weighted by Crippen LogP contribution is -2.51. The third-order valence-electron chi connectivity index (χ3n) is 5.99. The van der Waals surface area contributed by atoms with E-state index in [1.54, 1.807) is 53.4 Å². The number of phenolic OH excluding ortho intramolecular Hbond substituents is 2.